The predicted molar refractivity (Wildman–Crippen MR) is 63.8 cm³/mol. The van der Waals surface area contributed by atoms with Gasteiger partial charge < -0.3 is 0 Å². The molecule has 1 aliphatic carbocycles. The maximum absolute atomic E-state index is 11.6. The highest BCUT2D eigenvalue weighted by atomic mass is 16.1. The van der Waals surface area contributed by atoms with Crippen molar-refractivity contribution in [1.29, 1.82) is 0 Å². The molecule has 1 aliphatic rings. The third-order valence-electron chi connectivity index (χ3n) is 3.65. The zero-order chi connectivity index (χ0) is 11.7. The van der Waals surface area contributed by atoms with E-state index >= 15 is 0 Å². The number of aromatic nitrogens is 2. The van der Waals surface area contributed by atoms with E-state index in [1.165, 1.54) is 19.3 Å². The minimum absolute atomic E-state index is 0.123. The standard InChI is InChI=1S/C13H20N2O/c1-4-9(2)15-13(10(3)16)8-12(14-15)11-6-5-7-11/h8-9,11H,4-7H2,1-3H3. The van der Waals surface area contributed by atoms with Crippen molar-refractivity contribution in [2.24, 2.45) is 0 Å². The van der Waals surface area contributed by atoms with E-state index < -0.39 is 0 Å². The fraction of sp³-hybridized carbons (Fsp3) is 0.692. The van der Waals surface area contributed by atoms with Crippen LogP contribution in [0.15, 0.2) is 6.07 Å². The van der Waals surface area contributed by atoms with Gasteiger partial charge in [0.2, 0.25) is 0 Å². The minimum Gasteiger partial charge on any atom is -0.293 e. The molecule has 0 aliphatic heterocycles. The molecular weight excluding hydrogens is 200 g/mol. The average Bonchev–Trinajstić information content (AvgIpc) is 2.58. The van der Waals surface area contributed by atoms with Gasteiger partial charge in [-0.25, -0.2) is 0 Å². The van der Waals surface area contributed by atoms with Crippen molar-refractivity contribution in [3.05, 3.63) is 17.5 Å². The number of ketones is 1. The van der Waals surface area contributed by atoms with E-state index in [1.54, 1.807) is 6.92 Å². The van der Waals surface area contributed by atoms with Gasteiger partial charge in [0.1, 0.15) is 5.69 Å². The van der Waals surface area contributed by atoms with Crippen molar-refractivity contribution < 1.29 is 4.79 Å². The number of rotatable bonds is 4. The van der Waals surface area contributed by atoms with Crippen molar-refractivity contribution in [2.45, 2.75) is 58.4 Å². The number of carbonyl (C=O) groups is 1. The summed E-state index contributed by atoms with van der Waals surface area (Å²) in [6, 6.07) is 2.31. The van der Waals surface area contributed by atoms with Crippen LogP contribution in [0.2, 0.25) is 0 Å². The zero-order valence-electron chi connectivity index (χ0n) is 10.4. The highest BCUT2D eigenvalue weighted by Gasteiger charge is 2.25. The van der Waals surface area contributed by atoms with Crippen LogP contribution in [0.25, 0.3) is 0 Å². The number of carbonyl (C=O) groups excluding carboxylic acids is 1. The van der Waals surface area contributed by atoms with Crippen LogP contribution in [0.5, 0.6) is 0 Å². The quantitative estimate of drug-likeness (QED) is 0.729. The van der Waals surface area contributed by atoms with E-state index in [0.29, 0.717) is 12.0 Å². The van der Waals surface area contributed by atoms with Gasteiger partial charge in [-0.05, 0) is 32.3 Å². The first-order valence-electron chi connectivity index (χ1n) is 6.23. The second-order valence-electron chi connectivity index (χ2n) is 4.84. The summed E-state index contributed by atoms with van der Waals surface area (Å²) in [6.07, 6.45) is 4.77. The Hall–Kier alpha value is -1.12. The Kier molecular flexibility index (Phi) is 3.13. The predicted octanol–water partition coefficient (Wildman–Crippen LogP) is 3.32. The molecule has 88 valence electrons. The van der Waals surface area contributed by atoms with Gasteiger partial charge in [-0.3, -0.25) is 9.48 Å². The van der Waals surface area contributed by atoms with Crippen LogP contribution in [0.3, 0.4) is 0 Å². The SMILES string of the molecule is CCC(C)n1nc(C2CCC2)cc1C(C)=O. The summed E-state index contributed by atoms with van der Waals surface area (Å²) in [5.74, 6) is 0.724. The molecule has 3 nitrogen and oxygen atoms in total. The van der Waals surface area contributed by atoms with Crippen LogP contribution in [0.1, 0.15) is 74.6 Å². The highest BCUT2D eigenvalue weighted by Crippen LogP contribution is 2.36. The molecule has 0 N–H and O–H groups in total. The highest BCUT2D eigenvalue weighted by molar-refractivity contribution is 5.92. The molecule has 1 atom stereocenters. The monoisotopic (exact) mass is 220 g/mol. The summed E-state index contributed by atoms with van der Waals surface area (Å²) in [7, 11) is 0. The first kappa shape index (κ1) is 11.4. The Morgan fingerprint density at radius 2 is 2.31 bits per heavy atom. The second kappa shape index (κ2) is 4.40. The molecule has 1 heterocycles. The van der Waals surface area contributed by atoms with E-state index in [1.807, 2.05) is 10.7 Å². The largest absolute Gasteiger partial charge is 0.293 e. The normalized spacial score (nSPS) is 18.2. The zero-order valence-corrected chi connectivity index (χ0v) is 10.4. The third-order valence-corrected chi connectivity index (χ3v) is 3.65. The van der Waals surface area contributed by atoms with Gasteiger partial charge in [0.25, 0.3) is 0 Å². The maximum Gasteiger partial charge on any atom is 0.177 e. The molecule has 3 heteroatoms. The molecule has 0 spiro atoms. The second-order valence-corrected chi connectivity index (χ2v) is 4.84. The summed E-state index contributed by atoms with van der Waals surface area (Å²) in [6.45, 7) is 5.86. The Bertz CT molecular complexity index is 391. The first-order chi connectivity index (χ1) is 7.63. The number of Topliss-reactive ketones (excluding diaryl/α,β-unsaturated/α-hetero) is 1. The number of nitrogens with zero attached hydrogens (tertiary/aromatic N) is 2. The number of hydrogen-bond donors (Lipinski definition) is 0. The number of hydrogen-bond acceptors (Lipinski definition) is 2. The lowest BCUT2D eigenvalue weighted by Gasteiger charge is -2.23. The van der Waals surface area contributed by atoms with Gasteiger partial charge in [-0.1, -0.05) is 13.3 Å². The van der Waals surface area contributed by atoms with Gasteiger partial charge in [0, 0.05) is 18.9 Å². The summed E-state index contributed by atoms with van der Waals surface area (Å²) in [4.78, 5) is 11.6. The van der Waals surface area contributed by atoms with Crippen LogP contribution in [-0.4, -0.2) is 15.6 Å². The Balaban J connectivity index is 2.33. The van der Waals surface area contributed by atoms with E-state index in [0.717, 1.165) is 17.8 Å². The molecule has 1 unspecified atom stereocenters. The van der Waals surface area contributed by atoms with Gasteiger partial charge in [-0.2, -0.15) is 5.10 Å². The molecule has 1 saturated carbocycles. The molecule has 0 saturated heterocycles. The average molecular weight is 220 g/mol. The summed E-state index contributed by atoms with van der Waals surface area (Å²) in [5, 5.41) is 4.62. The van der Waals surface area contributed by atoms with Crippen molar-refractivity contribution in [3.63, 3.8) is 0 Å². The third kappa shape index (κ3) is 1.91. The van der Waals surface area contributed by atoms with Gasteiger partial charge in [0.05, 0.1) is 5.69 Å². The molecule has 1 fully saturated rings. The fourth-order valence-electron chi connectivity index (χ4n) is 2.09. The van der Waals surface area contributed by atoms with Crippen LogP contribution < -0.4 is 0 Å². The van der Waals surface area contributed by atoms with Crippen LogP contribution in [-0.2, 0) is 0 Å². The lowest BCUT2D eigenvalue weighted by Crippen LogP contribution is -2.13. The molecule has 1 aromatic heterocycles. The molecule has 16 heavy (non-hydrogen) atoms. The lowest BCUT2D eigenvalue weighted by atomic mass is 9.83. The fourth-order valence-corrected chi connectivity index (χ4v) is 2.09. The Morgan fingerprint density at radius 3 is 2.75 bits per heavy atom. The molecule has 2 rings (SSSR count). The van der Waals surface area contributed by atoms with Crippen molar-refractivity contribution in [2.75, 3.05) is 0 Å². The Morgan fingerprint density at radius 1 is 1.62 bits per heavy atom. The molecule has 1 aromatic rings. The Labute approximate surface area is 96.8 Å². The van der Waals surface area contributed by atoms with Crippen LogP contribution in [0.4, 0.5) is 0 Å². The summed E-state index contributed by atoms with van der Waals surface area (Å²) in [5.41, 5.74) is 1.90. The molecule has 0 radical (unpaired) electrons. The van der Waals surface area contributed by atoms with Gasteiger partial charge in [0.15, 0.2) is 5.78 Å². The van der Waals surface area contributed by atoms with Crippen molar-refractivity contribution in [3.8, 4) is 0 Å². The molecule has 0 bridgehead atoms. The molecule has 0 amide bonds. The van der Waals surface area contributed by atoms with E-state index in [-0.39, 0.29) is 5.78 Å². The van der Waals surface area contributed by atoms with Crippen LogP contribution in [0, 0.1) is 0 Å². The first-order valence-corrected chi connectivity index (χ1v) is 6.23. The topological polar surface area (TPSA) is 34.9 Å². The van der Waals surface area contributed by atoms with E-state index in [9.17, 15) is 4.79 Å². The van der Waals surface area contributed by atoms with E-state index in [4.69, 9.17) is 0 Å². The maximum atomic E-state index is 11.6. The summed E-state index contributed by atoms with van der Waals surface area (Å²) < 4.78 is 1.91. The lowest BCUT2D eigenvalue weighted by molar-refractivity contribution is 0.100. The minimum atomic E-state index is 0.123. The summed E-state index contributed by atoms with van der Waals surface area (Å²) >= 11 is 0. The van der Waals surface area contributed by atoms with Crippen LogP contribution >= 0.6 is 0 Å². The van der Waals surface area contributed by atoms with Crippen molar-refractivity contribution >= 4 is 5.78 Å². The smallest absolute Gasteiger partial charge is 0.177 e. The molecular formula is C13H20N2O. The van der Waals surface area contributed by atoms with Crippen molar-refractivity contribution in [1.82, 2.24) is 9.78 Å². The van der Waals surface area contributed by atoms with Gasteiger partial charge in [-0.15, -0.1) is 0 Å². The molecule has 0 aromatic carbocycles. The van der Waals surface area contributed by atoms with E-state index in [2.05, 4.69) is 18.9 Å². The van der Waals surface area contributed by atoms with Gasteiger partial charge >= 0.3 is 0 Å².